The largest absolute Gasteiger partial charge is 0.490 e. The molecule has 1 aromatic rings. The van der Waals surface area contributed by atoms with E-state index in [1.165, 1.54) is 0 Å². The van der Waals surface area contributed by atoms with E-state index in [1.807, 2.05) is 25.1 Å². The van der Waals surface area contributed by atoms with Crippen LogP contribution in [0.25, 0.3) is 0 Å². The van der Waals surface area contributed by atoms with E-state index in [9.17, 15) is 9.59 Å². The zero-order valence-corrected chi connectivity index (χ0v) is 13.8. The highest BCUT2D eigenvalue weighted by Gasteiger charge is 2.09. The summed E-state index contributed by atoms with van der Waals surface area (Å²) in [5.74, 6) is 0.0862. The van der Waals surface area contributed by atoms with Crippen LogP contribution in [0.15, 0.2) is 18.2 Å². The number of carboxylic acids is 1. The fourth-order valence-corrected chi connectivity index (χ4v) is 1.89. The predicted molar refractivity (Wildman–Crippen MR) is 86.7 cm³/mol. The van der Waals surface area contributed by atoms with E-state index < -0.39 is 5.97 Å². The fourth-order valence-electron chi connectivity index (χ4n) is 1.89. The Morgan fingerprint density at radius 3 is 2.57 bits per heavy atom. The maximum absolute atomic E-state index is 11.5. The van der Waals surface area contributed by atoms with Crippen molar-refractivity contribution in [2.45, 2.75) is 46.1 Å². The van der Waals surface area contributed by atoms with Crippen molar-refractivity contribution in [3.63, 3.8) is 0 Å². The van der Waals surface area contributed by atoms with Crippen LogP contribution in [0.2, 0.25) is 0 Å². The van der Waals surface area contributed by atoms with Crippen molar-refractivity contribution < 1.29 is 24.2 Å². The Kier molecular flexibility index (Phi) is 8.57. The molecule has 0 aliphatic heterocycles. The van der Waals surface area contributed by atoms with E-state index in [4.69, 9.17) is 14.6 Å². The third-order valence-corrected chi connectivity index (χ3v) is 3.12. The van der Waals surface area contributed by atoms with Gasteiger partial charge < -0.3 is 19.9 Å². The van der Waals surface area contributed by atoms with Gasteiger partial charge in [0.25, 0.3) is 0 Å². The third-order valence-electron chi connectivity index (χ3n) is 3.12. The summed E-state index contributed by atoms with van der Waals surface area (Å²) in [6, 6.07) is 5.53. The van der Waals surface area contributed by atoms with Gasteiger partial charge in [-0.1, -0.05) is 19.4 Å². The van der Waals surface area contributed by atoms with Crippen molar-refractivity contribution >= 4 is 11.9 Å². The summed E-state index contributed by atoms with van der Waals surface area (Å²) in [6.45, 7) is 5.49. The summed E-state index contributed by atoms with van der Waals surface area (Å²) in [4.78, 5) is 22.0. The number of carbonyl (C=O) groups is 2. The summed E-state index contributed by atoms with van der Waals surface area (Å²) in [7, 11) is 0. The second-order valence-electron chi connectivity index (χ2n) is 5.09. The van der Waals surface area contributed by atoms with Gasteiger partial charge in [-0.05, 0) is 31.0 Å². The molecular weight excluding hydrogens is 298 g/mol. The number of unbranched alkanes of at least 4 members (excludes halogenated alkanes) is 1. The Labute approximate surface area is 136 Å². The van der Waals surface area contributed by atoms with Crippen LogP contribution in [-0.2, 0) is 16.1 Å². The molecule has 0 bridgehead atoms. The van der Waals surface area contributed by atoms with Crippen molar-refractivity contribution in [1.82, 2.24) is 5.32 Å². The molecule has 0 fully saturated rings. The number of aliphatic carboxylic acids is 1. The average molecular weight is 323 g/mol. The lowest BCUT2D eigenvalue weighted by Gasteiger charge is -2.13. The van der Waals surface area contributed by atoms with Crippen molar-refractivity contribution in [1.29, 1.82) is 0 Å². The van der Waals surface area contributed by atoms with E-state index in [-0.39, 0.29) is 18.7 Å². The summed E-state index contributed by atoms with van der Waals surface area (Å²) in [5, 5.41) is 11.2. The van der Waals surface area contributed by atoms with Gasteiger partial charge in [0.1, 0.15) is 0 Å². The molecular formula is C17H25NO5. The molecule has 0 aromatic heterocycles. The smallest absolute Gasteiger partial charge is 0.303 e. The van der Waals surface area contributed by atoms with Crippen LogP contribution in [0, 0.1) is 0 Å². The van der Waals surface area contributed by atoms with Crippen LogP contribution in [0.5, 0.6) is 11.5 Å². The summed E-state index contributed by atoms with van der Waals surface area (Å²) < 4.78 is 11.3. The summed E-state index contributed by atoms with van der Waals surface area (Å²) >= 11 is 0. The van der Waals surface area contributed by atoms with Gasteiger partial charge in [-0.25, -0.2) is 0 Å². The van der Waals surface area contributed by atoms with Gasteiger partial charge in [0.2, 0.25) is 5.91 Å². The lowest BCUT2D eigenvalue weighted by molar-refractivity contribution is -0.138. The molecule has 0 heterocycles. The fraction of sp³-hybridized carbons (Fsp3) is 0.529. The number of carbonyl (C=O) groups excluding carboxylic acids is 1. The van der Waals surface area contributed by atoms with Crippen LogP contribution in [-0.4, -0.2) is 30.2 Å². The molecule has 1 aromatic carbocycles. The molecule has 6 nitrogen and oxygen atoms in total. The molecule has 0 aliphatic carbocycles. The number of amides is 1. The molecule has 0 saturated heterocycles. The first-order chi connectivity index (χ1) is 11.1. The quantitative estimate of drug-likeness (QED) is 0.612. The molecule has 128 valence electrons. The first-order valence-electron chi connectivity index (χ1n) is 7.93. The lowest BCUT2D eigenvalue weighted by Crippen LogP contribution is -2.23. The van der Waals surface area contributed by atoms with Crippen LogP contribution in [0.3, 0.4) is 0 Å². The first kappa shape index (κ1) is 18.8. The molecule has 0 radical (unpaired) electrons. The van der Waals surface area contributed by atoms with Crippen LogP contribution < -0.4 is 14.8 Å². The number of nitrogens with one attached hydrogen (secondary N) is 1. The number of ether oxygens (including phenoxy) is 2. The Bertz CT molecular complexity index is 516. The number of hydrogen-bond acceptors (Lipinski definition) is 4. The Hall–Kier alpha value is -2.24. The number of hydrogen-bond donors (Lipinski definition) is 2. The predicted octanol–water partition coefficient (Wildman–Crippen LogP) is 2.75. The third kappa shape index (κ3) is 7.54. The highest BCUT2D eigenvalue weighted by molar-refractivity contribution is 5.80. The minimum atomic E-state index is -0.979. The van der Waals surface area contributed by atoms with Crippen molar-refractivity contribution in [2.75, 3.05) is 13.2 Å². The maximum atomic E-state index is 11.5. The van der Waals surface area contributed by atoms with E-state index in [1.54, 1.807) is 0 Å². The highest BCUT2D eigenvalue weighted by atomic mass is 16.5. The lowest BCUT2D eigenvalue weighted by atomic mass is 10.2. The molecule has 0 spiro atoms. The van der Waals surface area contributed by atoms with E-state index >= 15 is 0 Å². The Morgan fingerprint density at radius 2 is 1.91 bits per heavy atom. The van der Waals surface area contributed by atoms with Crippen LogP contribution >= 0.6 is 0 Å². The normalized spacial score (nSPS) is 10.2. The molecule has 0 aliphatic rings. The SMILES string of the molecule is CCCCOc1ccc(CNC(=O)CCC(=O)O)cc1OCC. The van der Waals surface area contributed by atoms with Gasteiger partial charge in [0.05, 0.1) is 19.6 Å². The molecule has 2 N–H and O–H groups in total. The Morgan fingerprint density at radius 1 is 1.13 bits per heavy atom. The van der Waals surface area contributed by atoms with Crippen LogP contribution in [0.1, 0.15) is 45.1 Å². The number of rotatable bonds is 11. The minimum absolute atomic E-state index is 0.0220. The standard InChI is InChI=1S/C17H25NO5/c1-3-5-10-23-14-7-6-13(11-15(14)22-4-2)12-18-16(19)8-9-17(20)21/h6-7,11H,3-5,8-10,12H2,1-2H3,(H,18,19)(H,20,21). The first-order valence-corrected chi connectivity index (χ1v) is 7.93. The van der Waals surface area contributed by atoms with Gasteiger partial charge in [-0.3, -0.25) is 9.59 Å². The molecule has 0 unspecified atom stereocenters. The van der Waals surface area contributed by atoms with Crippen molar-refractivity contribution in [3.05, 3.63) is 23.8 Å². The molecule has 0 saturated carbocycles. The topological polar surface area (TPSA) is 84.9 Å². The summed E-state index contributed by atoms with van der Waals surface area (Å²) in [6.07, 6.45) is 1.85. The summed E-state index contributed by atoms with van der Waals surface area (Å²) in [5.41, 5.74) is 0.875. The van der Waals surface area contributed by atoms with Gasteiger partial charge in [0.15, 0.2) is 11.5 Å². The monoisotopic (exact) mass is 323 g/mol. The van der Waals surface area contributed by atoms with E-state index in [0.717, 1.165) is 18.4 Å². The molecule has 1 amide bonds. The van der Waals surface area contributed by atoms with Gasteiger partial charge in [-0.15, -0.1) is 0 Å². The molecule has 0 atom stereocenters. The number of benzene rings is 1. The minimum Gasteiger partial charge on any atom is -0.490 e. The second-order valence-corrected chi connectivity index (χ2v) is 5.09. The molecule has 1 rings (SSSR count). The van der Waals surface area contributed by atoms with Crippen molar-refractivity contribution in [3.8, 4) is 11.5 Å². The van der Waals surface area contributed by atoms with Gasteiger partial charge in [-0.2, -0.15) is 0 Å². The zero-order chi connectivity index (χ0) is 17.1. The molecule has 6 heteroatoms. The highest BCUT2D eigenvalue weighted by Crippen LogP contribution is 2.28. The van der Waals surface area contributed by atoms with E-state index in [0.29, 0.717) is 31.3 Å². The second kappa shape index (κ2) is 10.5. The van der Waals surface area contributed by atoms with Gasteiger partial charge >= 0.3 is 5.97 Å². The average Bonchev–Trinajstić information content (AvgIpc) is 2.53. The molecule has 23 heavy (non-hydrogen) atoms. The Balaban J connectivity index is 2.60. The van der Waals surface area contributed by atoms with Crippen LogP contribution in [0.4, 0.5) is 0 Å². The number of carboxylic acid groups (broad SMARTS) is 1. The zero-order valence-electron chi connectivity index (χ0n) is 13.8. The maximum Gasteiger partial charge on any atom is 0.303 e. The van der Waals surface area contributed by atoms with Gasteiger partial charge in [0, 0.05) is 13.0 Å². The van der Waals surface area contributed by atoms with Crippen molar-refractivity contribution in [2.24, 2.45) is 0 Å². The van der Waals surface area contributed by atoms with E-state index in [2.05, 4.69) is 12.2 Å².